The Bertz CT molecular complexity index is 322. The van der Waals surface area contributed by atoms with Gasteiger partial charge in [-0.05, 0) is 11.8 Å². The van der Waals surface area contributed by atoms with Crippen molar-refractivity contribution >= 4 is 17.7 Å². The third-order valence-electron chi connectivity index (χ3n) is 1.56. The second-order valence-corrected chi connectivity index (χ2v) is 3.85. The Morgan fingerprint density at radius 2 is 2.20 bits per heavy atom. The Morgan fingerprint density at radius 1 is 1.53 bits per heavy atom. The lowest BCUT2D eigenvalue weighted by Crippen LogP contribution is -2.14. The van der Waals surface area contributed by atoms with Gasteiger partial charge in [0.25, 0.3) is 0 Å². The van der Waals surface area contributed by atoms with Crippen molar-refractivity contribution in [1.82, 2.24) is 5.32 Å². The van der Waals surface area contributed by atoms with Gasteiger partial charge in [-0.1, -0.05) is 0 Å². The molecule has 84 valence electrons. The Hall–Kier alpha value is -1.11. The molecular weight excluding hydrogens is 231 g/mol. The van der Waals surface area contributed by atoms with Gasteiger partial charge in [0, 0.05) is 23.7 Å². The molecule has 0 spiro atoms. The van der Waals surface area contributed by atoms with Gasteiger partial charge < -0.3 is 10.1 Å². The molecule has 15 heavy (non-hydrogen) atoms. The van der Waals surface area contributed by atoms with Gasteiger partial charge in [0.1, 0.15) is 0 Å². The van der Waals surface area contributed by atoms with Crippen LogP contribution in [0.5, 0.6) is 0 Å². The summed E-state index contributed by atoms with van der Waals surface area (Å²) in [6, 6.07) is 0. The number of methoxy groups -OCH3 is 1. The first-order valence-corrected chi connectivity index (χ1v) is 4.72. The smallest absolute Gasteiger partial charge is 0.446 e. The maximum absolute atomic E-state index is 12.0. The van der Waals surface area contributed by atoms with Crippen LogP contribution in [0.15, 0.2) is 22.9 Å². The molecular formula is C8H8F3NO2S. The average molecular weight is 239 g/mol. The Morgan fingerprint density at radius 3 is 2.73 bits per heavy atom. The molecule has 1 aliphatic rings. The summed E-state index contributed by atoms with van der Waals surface area (Å²) >= 11 is -0.241. The summed E-state index contributed by atoms with van der Waals surface area (Å²) in [5.74, 6) is -0.629. The number of hydrogen-bond donors (Lipinski definition) is 1. The van der Waals surface area contributed by atoms with Crippen molar-refractivity contribution in [3.05, 3.63) is 22.9 Å². The molecule has 0 aromatic carbocycles. The monoisotopic (exact) mass is 239 g/mol. The maximum Gasteiger partial charge on any atom is 0.446 e. The van der Waals surface area contributed by atoms with E-state index in [0.29, 0.717) is 0 Å². The van der Waals surface area contributed by atoms with Crippen molar-refractivity contribution < 1.29 is 22.7 Å². The molecule has 0 unspecified atom stereocenters. The highest BCUT2D eigenvalue weighted by molar-refractivity contribution is 8.03. The number of rotatable bonds is 2. The molecule has 0 aliphatic carbocycles. The van der Waals surface area contributed by atoms with E-state index in [2.05, 4.69) is 10.1 Å². The minimum atomic E-state index is -4.34. The fraction of sp³-hybridized carbons (Fsp3) is 0.375. The van der Waals surface area contributed by atoms with Crippen molar-refractivity contribution in [2.24, 2.45) is 0 Å². The van der Waals surface area contributed by atoms with Gasteiger partial charge in [0.2, 0.25) is 0 Å². The van der Waals surface area contributed by atoms with Gasteiger partial charge in [0.15, 0.2) is 0 Å². The minimum absolute atomic E-state index is 0.0328. The number of allylic oxidation sites excluding steroid dienone is 1. The van der Waals surface area contributed by atoms with Crippen molar-refractivity contribution in [3.63, 3.8) is 0 Å². The van der Waals surface area contributed by atoms with Crippen LogP contribution in [0.25, 0.3) is 0 Å². The van der Waals surface area contributed by atoms with Gasteiger partial charge in [-0.3, -0.25) is 0 Å². The molecule has 0 aromatic heterocycles. The highest BCUT2D eigenvalue weighted by Crippen LogP contribution is 2.39. The molecule has 0 radical (unpaired) electrons. The van der Waals surface area contributed by atoms with Crippen molar-refractivity contribution in [2.45, 2.75) is 11.9 Å². The Kier molecular flexibility index (Phi) is 3.67. The zero-order chi connectivity index (χ0) is 11.5. The van der Waals surface area contributed by atoms with Crippen LogP contribution < -0.4 is 5.32 Å². The highest BCUT2D eigenvalue weighted by Gasteiger charge is 2.31. The number of nitrogens with one attached hydrogen (secondary N) is 1. The fourth-order valence-corrected chi connectivity index (χ4v) is 1.65. The fourth-order valence-electron chi connectivity index (χ4n) is 1.00. The molecule has 1 aliphatic heterocycles. The molecule has 1 N–H and O–H groups in total. The van der Waals surface area contributed by atoms with E-state index in [9.17, 15) is 18.0 Å². The highest BCUT2D eigenvalue weighted by atomic mass is 32.2. The first-order chi connectivity index (χ1) is 6.92. The molecule has 0 saturated heterocycles. The molecule has 1 heterocycles. The molecule has 0 fully saturated rings. The summed E-state index contributed by atoms with van der Waals surface area (Å²) in [5, 5.41) is 2.48. The SMILES string of the molecule is COC(=O)C1=CNC=C(SC(F)(F)F)C1. The number of esters is 1. The van der Waals surface area contributed by atoms with E-state index in [1.807, 2.05) is 0 Å². The number of thioether (sulfide) groups is 1. The van der Waals surface area contributed by atoms with Gasteiger partial charge >= 0.3 is 11.5 Å². The normalized spacial score (nSPS) is 16.3. The van der Waals surface area contributed by atoms with Crippen LogP contribution in [0.3, 0.4) is 0 Å². The topological polar surface area (TPSA) is 38.3 Å². The van der Waals surface area contributed by atoms with Gasteiger partial charge in [-0.2, -0.15) is 13.2 Å². The van der Waals surface area contributed by atoms with Crippen LogP contribution in [0.4, 0.5) is 13.2 Å². The van der Waals surface area contributed by atoms with Gasteiger partial charge in [-0.15, -0.1) is 0 Å². The lowest BCUT2D eigenvalue weighted by Gasteiger charge is -2.15. The number of carbonyl (C=O) groups is 1. The van der Waals surface area contributed by atoms with E-state index >= 15 is 0 Å². The molecule has 0 atom stereocenters. The Balaban J connectivity index is 2.60. The number of ether oxygens (including phenoxy) is 1. The van der Waals surface area contributed by atoms with E-state index in [1.54, 1.807) is 0 Å². The van der Waals surface area contributed by atoms with Crippen LogP contribution >= 0.6 is 11.8 Å². The summed E-state index contributed by atoms with van der Waals surface area (Å²) in [5.41, 5.74) is -4.17. The van der Waals surface area contributed by atoms with E-state index in [-0.39, 0.29) is 28.7 Å². The summed E-state index contributed by atoms with van der Waals surface area (Å²) in [6.45, 7) is 0. The third-order valence-corrected chi connectivity index (χ3v) is 2.32. The van der Waals surface area contributed by atoms with E-state index in [1.165, 1.54) is 19.5 Å². The zero-order valence-corrected chi connectivity index (χ0v) is 8.54. The predicted octanol–water partition coefficient (Wildman–Crippen LogP) is 2.13. The number of alkyl halides is 3. The summed E-state index contributed by atoms with van der Waals surface area (Å²) in [4.78, 5) is 11.1. The van der Waals surface area contributed by atoms with E-state index < -0.39 is 11.5 Å². The van der Waals surface area contributed by atoms with Crippen LogP contribution in [0, 0.1) is 0 Å². The minimum Gasteiger partial charge on any atom is -0.466 e. The van der Waals surface area contributed by atoms with E-state index in [0.717, 1.165) is 0 Å². The van der Waals surface area contributed by atoms with Crippen molar-refractivity contribution in [1.29, 1.82) is 0 Å². The first kappa shape index (κ1) is 12.0. The van der Waals surface area contributed by atoms with Crippen molar-refractivity contribution in [2.75, 3.05) is 7.11 Å². The lowest BCUT2D eigenvalue weighted by molar-refractivity contribution is -0.136. The maximum atomic E-state index is 12.0. The van der Waals surface area contributed by atoms with Gasteiger partial charge in [-0.25, -0.2) is 4.79 Å². The second kappa shape index (κ2) is 4.61. The number of dihydropyridines is 1. The summed E-state index contributed by atoms with van der Waals surface area (Å²) in [7, 11) is 1.18. The lowest BCUT2D eigenvalue weighted by atomic mass is 10.2. The van der Waals surface area contributed by atoms with Crippen LogP contribution in [0.2, 0.25) is 0 Å². The molecule has 0 saturated carbocycles. The number of halogens is 3. The molecule has 0 aromatic rings. The standard InChI is InChI=1S/C8H8F3NO2S/c1-14-7(13)5-2-6(4-12-3-5)15-8(9,10)11/h3-4,12H,2H2,1H3. The van der Waals surface area contributed by atoms with Gasteiger partial charge in [0.05, 0.1) is 12.7 Å². The van der Waals surface area contributed by atoms with E-state index in [4.69, 9.17) is 0 Å². The molecule has 3 nitrogen and oxygen atoms in total. The number of carbonyl (C=O) groups excluding carboxylic acids is 1. The first-order valence-electron chi connectivity index (χ1n) is 3.90. The number of hydrogen-bond acceptors (Lipinski definition) is 4. The molecule has 0 amide bonds. The Labute approximate surface area is 88.4 Å². The summed E-state index contributed by atoms with van der Waals surface area (Å²) in [6.07, 6.45) is 2.47. The van der Waals surface area contributed by atoms with Crippen LogP contribution in [0.1, 0.15) is 6.42 Å². The zero-order valence-electron chi connectivity index (χ0n) is 7.72. The largest absolute Gasteiger partial charge is 0.466 e. The van der Waals surface area contributed by atoms with Crippen molar-refractivity contribution in [3.8, 4) is 0 Å². The molecule has 1 rings (SSSR count). The van der Waals surface area contributed by atoms with Crippen LogP contribution in [-0.4, -0.2) is 18.6 Å². The molecule has 0 bridgehead atoms. The predicted molar refractivity (Wildman–Crippen MR) is 49.6 cm³/mol. The second-order valence-electron chi connectivity index (χ2n) is 2.66. The summed E-state index contributed by atoms with van der Waals surface area (Å²) < 4.78 is 40.4. The quantitative estimate of drug-likeness (QED) is 0.749. The van der Waals surface area contributed by atoms with Crippen LogP contribution in [-0.2, 0) is 9.53 Å². The molecule has 7 heteroatoms. The average Bonchev–Trinajstić information content (AvgIpc) is 2.14. The third kappa shape index (κ3) is 3.86.